The highest BCUT2D eigenvalue weighted by molar-refractivity contribution is 5.59. The predicted molar refractivity (Wildman–Crippen MR) is 97.3 cm³/mol. The Morgan fingerprint density at radius 3 is 2.33 bits per heavy atom. The number of para-hydroxylation sites is 1. The van der Waals surface area contributed by atoms with E-state index < -0.39 is 0 Å². The number of hydrogen-bond acceptors (Lipinski definition) is 4. The van der Waals surface area contributed by atoms with Crippen molar-refractivity contribution in [2.45, 2.75) is 12.8 Å². The van der Waals surface area contributed by atoms with Gasteiger partial charge in [-0.2, -0.15) is 10.2 Å². The zero-order valence-electron chi connectivity index (χ0n) is 13.8. The van der Waals surface area contributed by atoms with Crippen molar-refractivity contribution in [2.75, 3.05) is 19.0 Å². The number of nitrogens with zero attached hydrogens (tertiary/aromatic N) is 2. The topological polar surface area (TPSA) is 47.0 Å². The van der Waals surface area contributed by atoms with E-state index >= 15 is 0 Å². The van der Waals surface area contributed by atoms with E-state index in [0.29, 0.717) is 0 Å². The number of aryl methyl sites for hydroxylation is 1. The van der Waals surface area contributed by atoms with E-state index in [0.717, 1.165) is 47.8 Å². The van der Waals surface area contributed by atoms with Gasteiger partial charge in [-0.1, -0.05) is 18.2 Å². The largest absolute Gasteiger partial charge is 0.497 e. The molecule has 0 saturated heterocycles. The maximum absolute atomic E-state index is 5.17. The molecule has 1 aromatic heterocycles. The van der Waals surface area contributed by atoms with Crippen molar-refractivity contribution < 1.29 is 4.74 Å². The van der Waals surface area contributed by atoms with Gasteiger partial charge in [-0.15, -0.1) is 0 Å². The molecule has 0 spiro atoms. The van der Waals surface area contributed by atoms with Crippen LogP contribution < -0.4 is 10.1 Å². The number of ether oxygens (including phenoxy) is 1. The first-order chi connectivity index (χ1) is 11.8. The van der Waals surface area contributed by atoms with Gasteiger partial charge >= 0.3 is 0 Å². The Morgan fingerprint density at radius 1 is 0.875 bits per heavy atom. The van der Waals surface area contributed by atoms with Crippen LogP contribution in [0, 0.1) is 0 Å². The number of aromatic nitrogens is 2. The lowest BCUT2D eigenvalue weighted by Gasteiger charge is -2.06. The van der Waals surface area contributed by atoms with Gasteiger partial charge < -0.3 is 10.1 Å². The minimum atomic E-state index is 0.842. The van der Waals surface area contributed by atoms with Crippen LogP contribution >= 0.6 is 0 Å². The van der Waals surface area contributed by atoms with Gasteiger partial charge in [0, 0.05) is 17.8 Å². The summed E-state index contributed by atoms with van der Waals surface area (Å²) in [5, 5.41) is 12.1. The van der Waals surface area contributed by atoms with E-state index in [1.165, 1.54) is 0 Å². The van der Waals surface area contributed by atoms with Gasteiger partial charge in [0.2, 0.25) is 0 Å². The molecule has 4 nitrogen and oxygen atoms in total. The lowest BCUT2D eigenvalue weighted by Crippen LogP contribution is -2.04. The summed E-state index contributed by atoms with van der Waals surface area (Å²) < 4.78 is 5.17. The molecule has 0 unspecified atom stereocenters. The first kappa shape index (κ1) is 16.0. The molecule has 2 aromatic carbocycles. The van der Waals surface area contributed by atoms with Crippen LogP contribution in [0.15, 0.2) is 66.7 Å². The fraction of sp³-hybridized carbons (Fsp3) is 0.200. The Bertz CT molecular complexity index is 740. The van der Waals surface area contributed by atoms with E-state index in [2.05, 4.69) is 33.7 Å². The molecule has 3 aromatic rings. The average Bonchev–Trinajstić information content (AvgIpc) is 2.67. The Hall–Kier alpha value is -2.88. The zero-order chi connectivity index (χ0) is 16.6. The molecular formula is C20H21N3O. The van der Waals surface area contributed by atoms with Crippen molar-refractivity contribution in [3.63, 3.8) is 0 Å². The summed E-state index contributed by atoms with van der Waals surface area (Å²) >= 11 is 0. The van der Waals surface area contributed by atoms with Crippen molar-refractivity contribution in [2.24, 2.45) is 0 Å². The average molecular weight is 319 g/mol. The molecule has 1 heterocycles. The van der Waals surface area contributed by atoms with E-state index in [1.807, 2.05) is 48.5 Å². The summed E-state index contributed by atoms with van der Waals surface area (Å²) in [5.41, 5.74) is 4.09. The minimum Gasteiger partial charge on any atom is -0.497 e. The van der Waals surface area contributed by atoms with Crippen molar-refractivity contribution in [1.82, 2.24) is 10.2 Å². The van der Waals surface area contributed by atoms with Gasteiger partial charge in [0.15, 0.2) is 0 Å². The smallest absolute Gasteiger partial charge is 0.118 e. The Kier molecular flexibility index (Phi) is 5.40. The summed E-state index contributed by atoms with van der Waals surface area (Å²) in [5.74, 6) is 0.842. The molecule has 4 heteroatoms. The highest BCUT2D eigenvalue weighted by Gasteiger charge is 2.02. The van der Waals surface area contributed by atoms with Gasteiger partial charge in [0.25, 0.3) is 0 Å². The summed E-state index contributed by atoms with van der Waals surface area (Å²) in [4.78, 5) is 0. The zero-order valence-corrected chi connectivity index (χ0v) is 13.8. The van der Waals surface area contributed by atoms with Crippen molar-refractivity contribution in [3.05, 3.63) is 72.4 Å². The Balaban J connectivity index is 1.50. The van der Waals surface area contributed by atoms with E-state index in [1.54, 1.807) is 7.11 Å². The molecule has 0 fully saturated rings. The third-order valence-corrected chi connectivity index (χ3v) is 3.82. The van der Waals surface area contributed by atoms with Crippen molar-refractivity contribution in [1.29, 1.82) is 0 Å². The second-order valence-corrected chi connectivity index (χ2v) is 5.53. The fourth-order valence-corrected chi connectivity index (χ4v) is 2.47. The van der Waals surface area contributed by atoms with Crippen molar-refractivity contribution in [3.8, 4) is 17.0 Å². The Morgan fingerprint density at radius 2 is 1.67 bits per heavy atom. The van der Waals surface area contributed by atoms with Gasteiger partial charge in [-0.3, -0.25) is 0 Å². The fourth-order valence-electron chi connectivity index (χ4n) is 2.47. The van der Waals surface area contributed by atoms with Crippen LogP contribution in [0.1, 0.15) is 12.1 Å². The first-order valence-corrected chi connectivity index (χ1v) is 8.11. The number of nitrogens with one attached hydrogen (secondary N) is 1. The Labute approximate surface area is 142 Å². The second kappa shape index (κ2) is 8.11. The molecule has 122 valence electrons. The van der Waals surface area contributed by atoms with Crippen LogP contribution in [0.4, 0.5) is 5.69 Å². The third-order valence-electron chi connectivity index (χ3n) is 3.82. The van der Waals surface area contributed by atoms with Crippen LogP contribution in [0.3, 0.4) is 0 Å². The normalized spacial score (nSPS) is 10.4. The highest BCUT2D eigenvalue weighted by atomic mass is 16.5. The minimum absolute atomic E-state index is 0.842. The van der Waals surface area contributed by atoms with E-state index in [4.69, 9.17) is 4.74 Å². The third kappa shape index (κ3) is 4.32. The van der Waals surface area contributed by atoms with Gasteiger partial charge in [0.05, 0.1) is 18.5 Å². The molecule has 3 rings (SSSR count). The molecule has 24 heavy (non-hydrogen) atoms. The van der Waals surface area contributed by atoms with Gasteiger partial charge in [-0.25, -0.2) is 0 Å². The maximum atomic E-state index is 5.17. The molecule has 0 amide bonds. The second-order valence-electron chi connectivity index (χ2n) is 5.53. The maximum Gasteiger partial charge on any atom is 0.118 e. The number of benzene rings is 2. The van der Waals surface area contributed by atoms with E-state index in [9.17, 15) is 0 Å². The number of anilines is 1. The van der Waals surface area contributed by atoms with Gasteiger partial charge in [-0.05, 0) is 61.4 Å². The van der Waals surface area contributed by atoms with Crippen molar-refractivity contribution >= 4 is 5.69 Å². The molecule has 1 N–H and O–H groups in total. The number of hydrogen-bond donors (Lipinski definition) is 1. The van der Waals surface area contributed by atoms with Crippen LogP contribution in [-0.2, 0) is 6.42 Å². The summed E-state index contributed by atoms with van der Waals surface area (Å²) in [6.45, 7) is 0.923. The SMILES string of the molecule is COc1ccc(-c2ccc(CCCNc3ccccc3)nn2)cc1. The molecule has 0 radical (unpaired) electrons. The molecule has 0 bridgehead atoms. The summed E-state index contributed by atoms with van der Waals surface area (Å²) in [6.07, 6.45) is 1.93. The van der Waals surface area contributed by atoms with E-state index in [-0.39, 0.29) is 0 Å². The number of methoxy groups -OCH3 is 1. The van der Waals surface area contributed by atoms with Gasteiger partial charge in [0.1, 0.15) is 5.75 Å². The standard InChI is InChI=1S/C20H21N3O/c1-24-19-12-9-16(10-13-19)20-14-11-18(22-23-20)8-5-15-21-17-6-3-2-4-7-17/h2-4,6-7,9-14,21H,5,8,15H2,1H3. The lowest BCUT2D eigenvalue weighted by molar-refractivity contribution is 0.415. The molecule has 0 aliphatic carbocycles. The quantitative estimate of drug-likeness (QED) is 0.663. The summed E-state index contributed by atoms with van der Waals surface area (Å²) in [7, 11) is 1.66. The molecule has 0 saturated carbocycles. The molecule has 0 atom stereocenters. The number of rotatable bonds is 7. The molecule has 0 aliphatic heterocycles. The predicted octanol–water partition coefficient (Wildman–Crippen LogP) is 4.20. The molecular weight excluding hydrogens is 298 g/mol. The van der Waals surface area contributed by atoms with Crippen LogP contribution in [0.5, 0.6) is 5.75 Å². The summed E-state index contributed by atoms with van der Waals surface area (Å²) in [6, 6.07) is 22.2. The van der Waals surface area contributed by atoms with Crippen LogP contribution in [0.25, 0.3) is 11.3 Å². The first-order valence-electron chi connectivity index (χ1n) is 8.11. The molecule has 0 aliphatic rings. The monoisotopic (exact) mass is 319 g/mol. The van der Waals surface area contributed by atoms with Crippen LogP contribution in [-0.4, -0.2) is 23.9 Å². The highest BCUT2D eigenvalue weighted by Crippen LogP contribution is 2.20. The van der Waals surface area contributed by atoms with Crippen LogP contribution in [0.2, 0.25) is 0 Å². The lowest BCUT2D eigenvalue weighted by atomic mass is 10.1.